The summed E-state index contributed by atoms with van der Waals surface area (Å²) in [6, 6.07) is 0.140. The molecule has 4 heteroatoms. The van der Waals surface area contributed by atoms with Crippen LogP contribution < -0.4 is 11.2 Å². The summed E-state index contributed by atoms with van der Waals surface area (Å²) in [6.45, 7) is 4.16. The van der Waals surface area contributed by atoms with Crippen LogP contribution in [0.3, 0.4) is 0 Å². The average molecular weight is 140 g/mol. The molecule has 1 aliphatic rings. The number of hydrogen-bond donors (Lipinski definition) is 2. The van der Waals surface area contributed by atoms with Crippen molar-refractivity contribution in [1.82, 2.24) is 5.43 Å². The Bertz CT molecular complexity index is 171. The summed E-state index contributed by atoms with van der Waals surface area (Å²) in [5.41, 5.74) is 7.95. The first-order valence-electron chi connectivity index (χ1n) is 3.32. The van der Waals surface area contributed by atoms with Gasteiger partial charge in [-0.05, 0) is 5.92 Å². The molecular weight excluding hydrogens is 128 g/mol. The summed E-state index contributed by atoms with van der Waals surface area (Å²) in [4.78, 5) is 4.12. The number of nitrogens with two attached hydrogens (primary N) is 1. The van der Waals surface area contributed by atoms with Gasteiger partial charge in [-0.2, -0.15) is 5.10 Å². The smallest absolute Gasteiger partial charge is 0.210 e. The molecule has 1 atom stereocenters. The Morgan fingerprint density at radius 1 is 1.70 bits per heavy atom. The van der Waals surface area contributed by atoms with Crippen LogP contribution in [0.15, 0.2) is 10.1 Å². The zero-order valence-corrected chi connectivity index (χ0v) is 6.20. The van der Waals surface area contributed by atoms with Crippen LogP contribution in [0.2, 0.25) is 0 Å². The van der Waals surface area contributed by atoms with Crippen LogP contribution in [0, 0.1) is 5.92 Å². The molecule has 0 saturated heterocycles. The molecule has 0 saturated carbocycles. The maximum atomic E-state index is 5.39. The van der Waals surface area contributed by atoms with Crippen molar-refractivity contribution in [2.75, 3.05) is 0 Å². The third-order valence-electron chi connectivity index (χ3n) is 1.38. The van der Waals surface area contributed by atoms with E-state index in [1.807, 2.05) is 0 Å². The van der Waals surface area contributed by atoms with E-state index >= 15 is 0 Å². The molecule has 1 heterocycles. The first-order chi connectivity index (χ1) is 4.70. The fourth-order valence-corrected chi connectivity index (χ4v) is 0.724. The molecule has 0 radical (unpaired) electrons. The van der Waals surface area contributed by atoms with E-state index in [2.05, 4.69) is 29.4 Å². The number of guanidine groups is 1. The maximum absolute atomic E-state index is 5.39. The Balaban J connectivity index is 2.61. The molecule has 10 heavy (non-hydrogen) atoms. The van der Waals surface area contributed by atoms with Crippen molar-refractivity contribution in [2.45, 2.75) is 19.9 Å². The molecule has 0 unspecified atom stereocenters. The number of nitrogens with one attached hydrogen (secondary N) is 1. The molecule has 1 aliphatic heterocycles. The van der Waals surface area contributed by atoms with Gasteiger partial charge in [0.05, 0.1) is 6.04 Å². The predicted octanol–water partition coefficient (Wildman–Crippen LogP) is -0.0853. The number of rotatable bonds is 1. The maximum Gasteiger partial charge on any atom is 0.210 e. The van der Waals surface area contributed by atoms with Gasteiger partial charge in [-0.15, -0.1) is 0 Å². The Morgan fingerprint density at radius 2 is 2.40 bits per heavy atom. The van der Waals surface area contributed by atoms with E-state index in [1.54, 1.807) is 6.21 Å². The highest BCUT2D eigenvalue weighted by atomic mass is 15.4. The number of hydrogen-bond acceptors (Lipinski definition) is 4. The van der Waals surface area contributed by atoms with Crippen LogP contribution in [0.1, 0.15) is 13.8 Å². The fraction of sp³-hybridized carbons (Fsp3) is 0.667. The standard InChI is InChI=1S/C6H12N4/c1-4(2)5-3-8-10-6(7)9-5/h3-5H,1-2H3,(H3,7,9,10)/t5-/m0/s1. The molecule has 0 aromatic rings. The molecule has 0 fully saturated rings. The molecule has 0 aromatic carbocycles. The molecule has 3 N–H and O–H groups in total. The summed E-state index contributed by atoms with van der Waals surface area (Å²) in [6.07, 6.45) is 1.76. The second-order valence-electron chi connectivity index (χ2n) is 2.64. The second-order valence-corrected chi connectivity index (χ2v) is 2.64. The highest BCUT2D eigenvalue weighted by Gasteiger charge is 2.11. The van der Waals surface area contributed by atoms with Gasteiger partial charge in [-0.3, -0.25) is 0 Å². The SMILES string of the molecule is CC(C)[C@@H]1C=NNC(N)=N1. The van der Waals surface area contributed by atoms with Crippen LogP contribution in [-0.4, -0.2) is 18.2 Å². The minimum atomic E-state index is 0.140. The Kier molecular flexibility index (Phi) is 1.89. The summed E-state index contributed by atoms with van der Waals surface area (Å²) in [7, 11) is 0. The Hall–Kier alpha value is -1.06. The summed E-state index contributed by atoms with van der Waals surface area (Å²) >= 11 is 0. The van der Waals surface area contributed by atoms with E-state index in [9.17, 15) is 0 Å². The number of nitrogens with zero attached hydrogens (tertiary/aromatic N) is 2. The topological polar surface area (TPSA) is 62.8 Å². The average Bonchev–Trinajstić information content (AvgIpc) is 1.88. The van der Waals surface area contributed by atoms with Gasteiger partial charge >= 0.3 is 0 Å². The van der Waals surface area contributed by atoms with Gasteiger partial charge in [-0.25, -0.2) is 10.4 Å². The Morgan fingerprint density at radius 3 is 2.80 bits per heavy atom. The van der Waals surface area contributed by atoms with E-state index in [0.717, 1.165) is 0 Å². The van der Waals surface area contributed by atoms with Gasteiger partial charge in [-0.1, -0.05) is 13.8 Å². The third-order valence-corrected chi connectivity index (χ3v) is 1.38. The van der Waals surface area contributed by atoms with Crippen LogP contribution in [0.5, 0.6) is 0 Å². The summed E-state index contributed by atoms with van der Waals surface area (Å²) in [5, 5.41) is 3.83. The second kappa shape index (κ2) is 2.68. The summed E-state index contributed by atoms with van der Waals surface area (Å²) in [5.74, 6) is 0.866. The molecule has 0 amide bonds. The predicted molar refractivity (Wildman–Crippen MR) is 41.9 cm³/mol. The molecule has 0 spiro atoms. The zero-order valence-electron chi connectivity index (χ0n) is 6.20. The van der Waals surface area contributed by atoms with E-state index < -0.39 is 0 Å². The molecular formula is C6H12N4. The lowest BCUT2D eigenvalue weighted by Gasteiger charge is -2.15. The first-order valence-corrected chi connectivity index (χ1v) is 3.32. The minimum absolute atomic E-state index is 0.140. The first kappa shape index (κ1) is 7.05. The molecule has 0 aromatic heterocycles. The summed E-state index contributed by atoms with van der Waals surface area (Å²) < 4.78 is 0. The molecule has 1 rings (SSSR count). The number of hydrazone groups is 1. The van der Waals surface area contributed by atoms with Crippen molar-refractivity contribution < 1.29 is 0 Å². The lowest BCUT2D eigenvalue weighted by Crippen LogP contribution is -2.35. The van der Waals surface area contributed by atoms with Crippen molar-refractivity contribution in [1.29, 1.82) is 0 Å². The van der Waals surface area contributed by atoms with Crippen molar-refractivity contribution >= 4 is 12.2 Å². The van der Waals surface area contributed by atoms with E-state index in [1.165, 1.54) is 0 Å². The van der Waals surface area contributed by atoms with E-state index in [0.29, 0.717) is 11.9 Å². The fourth-order valence-electron chi connectivity index (χ4n) is 0.724. The zero-order chi connectivity index (χ0) is 7.56. The highest BCUT2D eigenvalue weighted by Crippen LogP contribution is 2.04. The van der Waals surface area contributed by atoms with Gasteiger partial charge < -0.3 is 5.73 Å². The number of aliphatic imine (C=N–C) groups is 1. The van der Waals surface area contributed by atoms with Crippen molar-refractivity contribution in [3.8, 4) is 0 Å². The molecule has 4 nitrogen and oxygen atoms in total. The van der Waals surface area contributed by atoms with Gasteiger partial charge in [0.15, 0.2) is 0 Å². The highest BCUT2D eigenvalue weighted by molar-refractivity contribution is 5.84. The van der Waals surface area contributed by atoms with Crippen molar-refractivity contribution in [3.05, 3.63) is 0 Å². The molecule has 0 bridgehead atoms. The van der Waals surface area contributed by atoms with Crippen LogP contribution in [0.4, 0.5) is 0 Å². The molecule has 56 valence electrons. The van der Waals surface area contributed by atoms with E-state index in [-0.39, 0.29) is 6.04 Å². The minimum Gasteiger partial charge on any atom is -0.369 e. The van der Waals surface area contributed by atoms with Gasteiger partial charge in [0, 0.05) is 6.21 Å². The van der Waals surface area contributed by atoms with Gasteiger partial charge in [0.2, 0.25) is 5.96 Å². The van der Waals surface area contributed by atoms with E-state index in [4.69, 9.17) is 5.73 Å². The quantitative estimate of drug-likeness (QED) is 0.535. The van der Waals surface area contributed by atoms with Gasteiger partial charge in [0.1, 0.15) is 0 Å². The molecule has 0 aliphatic carbocycles. The van der Waals surface area contributed by atoms with Crippen LogP contribution >= 0.6 is 0 Å². The van der Waals surface area contributed by atoms with Gasteiger partial charge in [0.25, 0.3) is 0 Å². The van der Waals surface area contributed by atoms with Crippen molar-refractivity contribution in [2.24, 2.45) is 21.7 Å². The van der Waals surface area contributed by atoms with Crippen LogP contribution in [-0.2, 0) is 0 Å². The van der Waals surface area contributed by atoms with Crippen LogP contribution in [0.25, 0.3) is 0 Å². The normalized spacial score (nSPS) is 24.3. The Labute approximate surface area is 60.2 Å². The lowest BCUT2D eigenvalue weighted by molar-refractivity contribution is 0.592. The van der Waals surface area contributed by atoms with Crippen molar-refractivity contribution in [3.63, 3.8) is 0 Å². The largest absolute Gasteiger partial charge is 0.369 e. The third kappa shape index (κ3) is 1.46. The lowest BCUT2D eigenvalue weighted by atomic mass is 10.1. The monoisotopic (exact) mass is 140 g/mol.